The molecule has 8 nitrogen and oxygen atoms in total. The molecule has 144 valence electrons. The van der Waals surface area contributed by atoms with Crippen LogP contribution >= 0.6 is 0 Å². The summed E-state index contributed by atoms with van der Waals surface area (Å²) < 4.78 is 31.6. The van der Waals surface area contributed by atoms with Crippen molar-refractivity contribution in [2.45, 2.75) is 37.5 Å². The molecule has 26 heavy (non-hydrogen) atoms. The van der Waals surface area contributed by atoms with Gasteiger partial charge in [-0.25, -0.2) is 8.42 Å². The third kappa shape index (κ3) is 3.78. The Morgan fingerprint density at radius 2 is 1.85 bits per heavy atom. The maximum atomic E-state index is 12.6. The molecule has 1 N–H and O–H groups in total. The fourth-order valence-corrected chi connectivity index (χ4v) is 4.98. The molecule has 3 heterocycles. The number of ether oxygens (including phenoxy) is 1. The van der Waals surface area contributed by atoms with E-state index in [4.69, 9.17) is 4.74 Å². The summed E-state index contributed by atoms with van der Waals surface area (Å²) in [5.41, 5.74) is 0.261. The van der Waals surface area contributed by atoms with Crippen LogP contribution in [-0.4, -0.2) is 67.3 Å². The topological polar surface area (TPSA) is 99.8 Å². The van der Waals surface area contributed by atoms with Gasteiger partial charge >= 0.3 is 5.97 Å². The number of carbonyl (C=O) groups excluding carboxylic acids is 2. The van der Waals surface area contributed by atoms with Crippen LogP contribution in [0.1, 0.15) is 43.1 Å². The Morgan fingerprint density at radius 1 is 1.19 bits per heavy atom. The van der Waals surface area contributed by atoms with Gasteiger partial charge in [0.05, 0.1) is 12.5 Å². The molecule has 1 aromatic rings. The average Bonchev–Trinajstić information content (AvgIpc) is 3.33. The van der Waals surface area contributed by atoms with E-state index < -0.39 is 10.0 Å². The number of aromatic amines is 1. The second-order valence-corrected chi connectivity index (χ2v) is 8.62. The van der Waals surface area contributed by atoms with E-state index in [0.29, 0.717) is 45.6 Å². The van der Waals surface area contributed by atoms with Crippen molar-refractivity contribution < 1.29 is 22.7 Å². The normalized spacial score (nSPS) is 19.7. The molecule has 0 bridgehead atoms. The standard InChI is InChI=1S/C17H25N3O5S/c1-2-25-17(22)13-5-9-19(10-6-13)16(21)15-11-14(12-18-15)26(23,24)20-7-3-4-8-20/h11-13,18H,2-10H2,1H3. The van der Waals surface area contributed by atoms with Crippen molar-refractivity contribution in [1.29, 1.82) is 0 Å². The summed E-state index contributed by atoms with van der Waals surface area (Å²) >= 11 is 0. The number of piperidine rings is 1. The molecular weight excluding hydrogens is 358 g/mol. The molecule has 2 fully saturated rings. The van der Waals surface area contributed by atoms with Gasteiger partial charge in [0.25, 0.3) is 5.91 Å². The summed E-state index contributed by atoms with van der Waals surface area (Å²) in [5.74, 6) is -0.623. The van der Waals surface area contributed by atoms with E-state index >= 15 is 0 Å². The summed E-state index contributed by atoms with van der Waals surface area (Å²) in [4.78, 5) is 29.0. The molecule has 3 rings (SSSR count). The van der Waals surface area contributed by atoms with Gasteiger partial charge in [-0.05, 0) is 38.7 Å². The lowest BCUT2D eigenvalue weighted by Gasteiger charge is -2.30. The Morgan fingerprint density at radius 3 is 2.46 bits per heavy atom. The lowest BCUT2D eigenvalue weighted by Crippen LogP contribution is -2.40. The molecule has 1 amide bonds. The molecule has 0 aliphatic carbocycles. The first-order valence-electron chi connectivity index (χ1n) is 9.08. The number of hydrogen-bond donors (Lipinski definition) is 1. The molecule has 0 radical (unpaired) electrons. The Balaban J connectivity index is 1.63. The van der Waals surface area contributed by atoms with E-state index in [1.165, 1.54) is 16.6 Å². The van der Waals surface area contributed by atoms with Crippen LogP contribution in [0, 0.1) is 5.92 Å². The third-order valence-corrected chi connectivity index (χ3v) is 6.87. The van der Waals surface area contributed by atoms with Crippen molar-refractivity contribution in [1.82, 2.24) is 14.2 Å². The van der Waals surface area contributed by atoms with E-state index in [1.54, 1.807) is 11.8 Å². The average molecular weight is 383 g/mol. The number of H-pyrrole nitrogens is 1. The predicted molar refractivity (Wildman–Crippen MR) is 94.0 cm³/mol. The van der Waals surface area contributed by atoms with Gasteiger partial charge in [0.15, 0.2) is 0 Å². The van der Waals surface area contributed by atoms with Gasteiger partial charge in [-0.1, -0.05) is 0 Å². The second kappa shape index (κ2) is 7.79. The Bertz CT molecular complexity index is 759. The van der Waals surface area contributed by atoms with Gasteiger partial charge in [0.1, 0.15) is 10.6 Å². The number of nitrogens with zero attached hydrogens (tertiary/aromatic N) is 2. The maximum absolute atomic E-state index is 12.6. The molecule has 9 heteroatoms. The Hall–Kier alpha value is -1.87. The van der Waals surface area contributed by atoms with Gasteiger partial charge in [0.2, 0.25) is 10.0 Å². The second-order valence-electron chi connectivity index (χ2n) is 6.68. The number of carbonyl (C=O) groups is 2. The highest BCUT2D eigenvalue weighted by Gasteiger charge is 2.31. The number of aromatic nitrogens is 1. The van der Waals surface area contributed by atoms with Crippen molar-refractivity contribution in [3.8, 4) is 0 Å². The van der Waals surface area contributed by atoms with Crippen LogP contribution in [0.4, 0.5) is 0 Å². The molecule has 0 spiro atoms. The van der Waals surface area contributed by atoms with Crippen molar-refractivity contribution in [2.24, 2.45) is 5.92 Å². The van der Waals surface area contributed by atoms with Gasteiger partial charge in [-0.3, -0.25) is 9.59 Å². The van der Waals surface area contributed by atoms with Crippen LogP contribution in [0.25, 0.3) is 0 Å². The van der Waals surface area contributed by atoms with Crippen LogP contribution in [0.3, 0.4) is 0 Å². The van der Waals surface area contributed by atoms with Crippen LogP contribution in [-0.2, 0) is 19.6 Å². The quantitative estimate of drug-likeness (QED) is 0.771. The molecular formula is C17H25N3O5S. The van der Waals surface area contributed by atoms with Gasteiger partial charge < -0.3 is 14.6 Å². The molecule has 0 atom stereocenters. The summed E-state index contributed by atoms with van der Waals surface area (Å²) in [5, 5.41) is 0. The van der Waals surface area contributed by atoms with Gasteiger partial charge in [-0.15, -0.1) is 0 Å². The first-order valence-corrected chi connectivity index (χ1v) is 10.5. The predicted octanol–water partition coefficient (Wildman–Crippen LogP) is 1.21. The largest absolute Gasteiger partial charge is 0.466 e. The number of likely N-dealkylation sites (tertiary alicyclic amines) is 1. The third-order valence-electron chi connectivity index (χ3n) is 4.99. The maximum Gasteiger partial charge on any atom is 0.309 e. The van der Waals surface area contributed by atoms with E-state index in [1.807, 2.05) is 0 Å². The highest BCUT2D eigenvalue weighted by atomic mass is 32.2. The highest BCUT2D eigenvalue weighted by Crippen LogP contribution is 2.24. The Labute approximate surface area is 153 Å². The first kappa shape index (κ1) is 18.9. The molecule has 2 saturated heterocycles. The first-order chi connectivity index (χ1) is 12.4. The molecule has 1 aromatic heterocycles. The number of rotatable bonds is 5. The van der Waals surface area contributed by atoms with Crippen molar-refractivity contribution in [3.63, 3.8) is 0 Å². The van der Waals surface area contributed by atoms with Crippen molar-refractivity contribution >= 4 is 21.9 Å². The number of esters is 1. The molecule has 0 aromatic carbocycles. The Kier molecular flexibility index (Phi) is 5.67. The number of hydrogen-bond acceptors (Lipinski definition) is 5. The van der Waals surface area contributed by atoms with E-state index in [2.05, 4.69) is 4.98 Å². The summed E-state index contributed by atoms with van der Waals surface area (Å²) in [6.45, 7) is 4.09. The van der Waals surface area contributed by atoms with Crippen LogP contribution in [0.5, 0.6) is 0 Å². The van der Waals surface area contributed by atoms with E-state index in [-0.39, 0.29) is 28.4 Å². The SMILES string of the molecule is CCOC(=O)C1CCN(C(=O)c2cc(S(=O)(=O)N3CCCC3)c[nH]2)CC1. The van der Waals surface area contributed by atoms with Crippen LogP contribution in [0.15, 0.2) is 17.2 Å². The van der Waals surface area contributed by atoms with Gasteiger partial charge in [-0.2, -0.15) is 4.31 Å². The zero-order valence-electron chi connectivity index (χ0n) is 14.9. The number of nitrogens with one attached hydrogen (secondary N) is 1. The minimum atomic E-state index is -3.54. The van der Waals surface area contributed by atoms with E-state index in [9.17, 15) is 18.0 Å². The smallest absolute Gasteiger partial charge is 0.309 e. The van der Waals surface area contributed by atoms with Crippen LogP contribution < -0.4 is 0 Å². The van der Waals surface area contributed by atoms with Crippen LogP contribution in [0.2, 0.25) is 0 Å². The minimum Gasteiger partial charge on any atom is -0.466 e. The zero-order chi connectivity index (χ0) is 18.7. The number of sulfonamides is 1. The molecule has 2 aliphatic heterocycles. The van der Waals surface area contributed by atoms with Crippen molar-refractivity contribution in [3.05, 3.63) is 18.0 Å². The van der Waals surface area contributed by atoms with E-state index in [0.717, 1.165) is 12.8 Å². The monoisotopic (exact) mass is 383 g/mol. The fraction of sp³-hybridized carbons (Fsp3) is 0.647. The lowest BCUT2D eigenvalue weighted by atomic mass is 9.97. The number of amides is 1. The summed E-state index contributed by atoms with van der Waals surface area (Å²) in [7, 11) is -3.54. The highest BCUT2D eigenvalue weighted by molar-refractivity contribution is 7.89. The molecule has 0 saturated carbocycles. The van der Waals surface area contributed by atoms with Gasteiger partial charge in [0, 0.05) is 32.4 Å². The van der Waals surface area contributed by atoms with Crippen molar-refractivity contribution in [2.75, 3.05) is 32.8 Å². The molecule has 0 unspecified atom stereocenters. The summed E-state index contributed by atoms with van der Waals surface area (Å²) in [6.07, 6.45) is 4.23. The lowest BCUT2D eigenvalue weighted by molar-refractivity contribution is -0.149. The minimum absolute atomic E-state index is 0.129. The zero-order valence-corrected chi connectivity index (χ0v) is 15.8. The fourth-order valence-electron chi connectivity index (χ4n) is 3.47. The molecule has 2 aliphatic rings. The summed E-state index contributed by atoms with van der Waals surface area (Å²) in [6, 6.07) is 1.41.